The van der Waals surface area contributed by atoms with Gasteiger partial charge >= 0.3 is 0 Å². The van der Waals surface area contributed by atoms with Gasteiger partial charge in [-0.1, -0.05) is 12.2 Å². The van der Waals surface area contributed by atoms with Crippen LogP contribution in [0.3, 0.4) is 0 Å². The zero-order valence-corrected chi connectivity index (χ0v) is 14.1. The van der Waals surface area contributed by atoms with Crippen LogP contribution < -0.4 is 5.32 Å². The lowest BCUT2D eigenvalue weighted by Gasteiger charge is -2.10. The Morgan fingerprint density at radius 1 is 1.35 bits per heavy atom. The minimum Gasteiger partial charge on any atom is -0.347 e. The average Bonchev–Trinajstić information content (AvgIpc) is 3.27. The first-order valence-electron chi connectivity index (χ1n) is 8.26. The van der Waals surface area contributed by atoms with Crippen LogP contribution in [-0.4, -0.2) is 41.5 Å². The minimum atomic E-state index is -0.247. The van der Waals surface area contributed by atoms with Gasteiger partial charge in [-0.2, -0.15) is 5.10 Å². The van der Waals surface area contributed by atoms with E-state index < -0.39 is 0 Å². The molecule has 4 aromatic rings. The van der Waals surface area contributed by atoms with E-state index in [1.165, 1.54) is 0 Å². The summed E-state index contributed by atoms with van der Waals surface area (Å²) in [5.41, 5.74) is 3.03. The average molecular weight is 347 g/mol. The lowest BCUT2D eigenvalue weighted by Crippen LogP contribution is -2.32. The number of nitrogens with one attached hydrogen (secondary N) is 2. The van der Waals surface area contributed by atoms with Crippen LogP contribution >= 0.6 is 0 Å². The Kier molecular flexibility index (Phi) is 4.14. The molecule has 0 spiro atoms. The maximum atomic E-state index is 12.3. The van der Waals surface area contributed by atoms with Crippen molar-refractivity contribution in [3.05, 3.63) is 60.5 Å². The third-order valence-electron chi connectivity index (χ3n) is 3.92. The van der Waals surface area contributed by atoms with Crippen molar-refractivity contribution >= 4 is 28.8 Å². The third-order valence-corrected chi connectivity index (χ3v) is 3.92. The second-order valence-corrected chi connectivity index (χ2v) is 5.99. The van der Waals surface area contributed by atoms with E-state index >= 15 is 0 Å². The lowest BCUT2D eigenvalue weighted by molar-refractivity contribution is 0.0931. The van der Waals surface area contributed by atoms with E-state index in [0.717, 1.165) is 16.7 Å². The topological polar surface area (TPSA) is 101 Å². The second-order valence-electron chi connectivity index (χ2n) is 5.99. The molecule has 0 saturated heterocycles. The summed E-state index contributed by atoms with van der Waals surface area (Å²) in [5, 5.41) is 7.09. The molecule has 4 aromatic heterocycles. The predicted octanol–water partition coefficient (Wildman–Crippen LogP) is 2.22. The molecule has 0 saturated carbocycles. The summed E-state index contributed by atoms with van der Waals surface area (Å²) in [4.78, 5) is 27.9. The van der Waals surface area contributed by atoms with Crippen LogP contribution in [0.5, 0.6) is 0 Å². The van der Waals surface area contributed by atoms with E-state index in [4.69, 9.17) is 0 Å². The number of amides is 1. The Morgan fingerprint density at radius 2 is 2.27 bits per heavy atom. The van der Waals surface area contributed by atoms with Crippen LogP contribution in [-0.2, 0) is 0 Å². The molecule has 130 valence electrons. The summed E-state index contributed by atoms with van der Waals surface area (Å²) in [7, 11) is 0. The molecular formula is C18H17N7O. The van der Waals surface area contributed by atoms with Gasteiger partial charge in [0.25, 0.3) is 5.91 Å². The summed E-state index contributed by atoms with van der Waals surface area (Å²) in [6.45, 7) is 1.94. The van der Waals surface area contributed by atoms with Gasteiger partial charge < -0.3 is 10.3 Å². The van der Waals surface area contributed by atoms with Gasteiger partial charge in [0.1, 0.15) is 0 Å². The number of aromatic amines is 1. The highest BCUT2D eigenvalue weighted by molar-refractivity contribution is 5.93. The molecular weight excluding hydrogens is 330 g/mol. The first kappa shape index (κ1) is 15.9. The zero-order valence-electron chi connectivity index (χ0n) is 14.1. The van der Waals surface area contributed by atoms with Crippen LogP contribution in [0.25, 0.3) is 22.9 Å². The van der Waals surface area contributed by atoms with E-state index in [1.54, 1.807) is 29.2 Å². The first-order valence-corrected chi connectivity index (χ1v) is 8.26. The quantitative estimate of drug-likeness (QED) is 0.576. The van der Waals surface area contributed by atoms with Gasteiger partial charge in [-0.05, 0) is 25.5 Å². The maximum absolute atomic E-state index is 12.3. The van der Waals surface area contributed by atoms with Gasteiger partial charge in [0, 0.05) is 36.3 Å². The summed E-state index contributed by atoms with van der Waals surface area (Å²) in [5.74, 6) is 0.0198. The standard InChI is InChI=1S/C18H17N7O/c1-12(4-2-5-13-10-20-15-7-9-21-25(15)11-13)22-18(26)17-23-14-6-3-8-19-16(14)24-17/h2-3,5-12H,4H2,1H3,(H,22,26)(H,19,23,24)/b5-2+/t12-/m0/s1. The molecule has 4 heterocycles. The van der Waals surface area contributed by atoms with Gasteiger partial charge in [-0.3, -0.25) is 4.79 Å². The number of hydrogen-bond donors (Lipinski definition) is 2. The fourth-order valence-electron chi connectivity index (χ4n) is 2.62. The van der Waals surface area contributed by atoms with E-state index in [2.05, 4.69) is 30.4 Å². The number of nitrogens with zero attached hydrogens (tertiary/aromatic N) is 5. The molecule has 8 nitrogen and oxygen atoms in total. The molecule has 4 rings (SSSR count). The first-order chi connectivity index (χ1) is 12.7. The van der Waals surface area contributed by atoms with Gasteiger partial charge in [0.15, 0.2) is 17.1 Å². The number of aromatic nitrogens is 6. The Hall–Kier alpha value is -3.55. The number of rotatable bonds is 5. The number of imidazole rings is 1. The van der Waals surface area contributed by atoms with Crippen LogP contribution in [0.15, 0.2) is 49.1 Å². The maximum Gasteiger partial charge on any atom is 0.287 e. The third kappa shape index (κ3) is 3.30. The number of carbonyl (C=O) groups is 1. The summed E-state index contributed by atoms with van der Waals surface area (Å²) in [6.07, 6.45) is 11.7. The molecule has 1 amide bonds. The van der Waals surface area contributed by atoms with Gasteiger partial charge in [0.2, 0.25) is 0 Å². The van der Waals surface area contributed by atoms with Crippen LogP contribution in [0.4, 0.5) is 0 Å². The molecule has 1 atom stereocenters. The van der Waals surface area contributed by atoms with Crippen molar-refractivity contribution in [2.24, 2.45) is 0 Å². The largest absolute Gasteiger partial charge is 0.347 e. The van der Waals surface area contributed by atoms with E-state index in [0.29, 0.717) is 12.1 Å². The predicted molar refractivity (Wildman–Crippen MR) is 97.5 cm³/mol. The highest BCUT2D eigenvalue weighted by atomic mass is 16.2. The summed E-state index contributed by atoms with van der Waals surface area (Å²) >= 11 is 0. The fraction of sp³-hybridized carbons (Fsp3) is 0.167. The van der Waals surface area contributed by atoms with Gasteiger partial charge in [-0.25, -0.2) is 19.5 Å². The lowest BCUT2D eigenvalue weighted by atomic mass is 10.2. The monoisotopic (exact) mass is 347 g/mol. The van der Waals surface area contributed by atoms with Crippen LogP contribution in [0, 0.1) is 0 Å². The van der Waals surface area contributed by atoms with Crippen LogP contribution in [0.2, 0.25) is 0 Å². The molecule has 26 heavy (non-hydrogen) atoms. The molecule has 8 heteroatoms. The fourth-order valence-corrected chi connectivity index (χ4v) is 2.62. The highest BCUT2D eigenvalue weighted by Crippen LogP contribution is 2.08. The molecule has 0 fully saturated rings. The van der Waals surface area contributed by atoms with Crippen LogP contribution in [0.1, 0.15) is 29.5 Å². The second kappa shape index (κ2) is 6.75. The minimum absolute atomic E-state index is 0.0404. The van der Waals surface area contributed by atoms with E-state index in [-0.39, 0.29) is 17.8 Å². The number of hydrogen-bond acceptors (Lipinski definition) is 5. The normalized spacial score (nSPS) is 12.8. The van der Waals surface area contributed by atoms with Crippen molar-refractivity contribution in [2.45, 2.75) is 19.4 Å². The van der Waals surface area contributed by atoms with Crippen molar-refractivity contribution in [3.63, 3.8) is 0 Å². The van der Waals surface area contributed by atoms with Crippen molar-refractivity contribution in [2.75, 3.05) is 0 Å². The highest BCUT2D eigenvalue weighted by Gasteiger charge is 2.13. The Bertz CT molecular complexity index is 1060. The summed E-state index contributed by atoms with van der Waals surface area (Å²) in [6, 6.07) is 5.44. The van der Waals surface area contributed by atoms with Gasteiger partial charge in [0.05, 0.1) is 11.7 Å². The van der Waals surface area contributed by atoms with Gasteiger partial charge in [-0.15, -0.1) is 0 Å². The molecule has 0 radical (unpaired) electrons. The van der Waals surface area contributed by atoms with Crippen molar-refractivity contribution in [3.8, 4) is 0 Å². The number of pyridine rings is 1. The molecule has 0 unspecified atom stereocenters. The molecule has 0 aliphatic rings. The van der Waals surface area contributed by atoms with E-state index in [9.17, 15) is 4.79 Å². The zero-order chi connectivity index (χ0) is 17.9. The molecule has 0 aliphatic carbocycles. The number of fused-ring (bicyclic) bond motifs is 2. The molecule has 0 aromatic carbocycles. The number of H-pyrrole nitrogens is 1. The summed E-state index contributed by atoms with van der Waals surface area (Å²) < 4.78 is 1.72. The SMILES string of the molecule is C[C@@H](C/C=C/c1cnc2ccnn2c1)NC(=O)c1nc2ncccc2[nH]1. The van der Waals surface area contributed by atoms with Crippen molar-refractivity contribution in [1.82, 2.24) is 34.9 Å². The smallest absolute Gasteiger partial charge is 0.287 e. The Labute approximate surface area is 149 Å². The Balaban J connectivity index is 1.36. The molecule has 0 bridgehead atoms. The van der Waals surface area contributed by atoms with Crippen molar-refractivity contribution in [1.29, 1.82) is 0 Å². The van der Waals surface area contributed by atoms with E-state index in [1.807, 2.05) is 37.4 Å². The van der Waals surface area contributed by atoms with Crippen molar-refractivity contribution < 1.29 is 4.79 Å². The Morgan fingerprint density at radius 3 is 3.15 bits per heavy atom. The molecule has 2 N–H and O–H groups in total. The molecule has 0 aliphatic heterocycles. The number of carbonyl (C=O) groups excluding carboxylic acids is 1.